The lowest BCUT2D eigenvalue weighted by atomic mass is 9.49. The summed E-state index contributed by atoms with van der Waals surface area (Å²) >= 11 is 0. The van der Waals surface area contributed by atoms with Crippen molar-refractivity contribution in [3.05, 3.63) is 23.5 Å². The molecule has 0 unspecified atom stereocenters. The molecule has 4 rings (SSSR count). The Kier molecular flexibility index (Phi) is 6.22. The van der Waals surface area contributed by atoms with Crippen molar-refractivity contribution in [2.75, 3.05) is 0 Å². The molecule has 2 saturated carbocycles. The first-order valence-corrected chi connectivity index (χ1v) is 19.9. The van der Waals surface area contributed by atoms with E-state index in [1.807, 2.05) is 0 Å². The topological polar surface area (TPSA) is 18.5 Å². The van der Waals surface area contributed by atoms with Gasteiger partial charge in [0.15, 0.2) is 8.32 Å². The van der Waals surface area contributed by atoms with Gasteiger partial charge in [0.1, 0.15) is 5.60 Å². The summed E-state index contributed by atoms with van der Waals surface area (Å²) in [6.45, 7) is 18.7. The summed E-state index contributed by atoms with van der Waals surface area (Å²) in [6, 6.07) is 0. The molecular formula is C28H46O2Si2. The van der Waals surface area contributed by atoms with Gasteiger partial charge in [-0.1, -0.05) is 25.8 Å². The van der Waals surface area contributed by atoms with E-state index in [4.69, 9.17) is 15.3 Å². The molecule has 0 aromatic carbocycles. The number of fused-ring (bicyclic) bond motifs is 5. The number of hydrogen-bond donors (Lipinski definition) is 0. The number of terminal acetylenes is 1. The van der Waals surface area contributed by atoms with Gasteiger partial charge in [0.25, 0.3) is 0 Å². The molecule has 0 N–H and O–H groups in total. The molecule has 2 nitrogen and oxygen atoms in total. The minimum absolute atomic E-state index is 0.110. The van der Waals surface area contributed by atoms with Crippen molar-refractivity contribution in [1.29, 1.82) is 0 Å². The Labute approximate surface area is 199 Å². The van der Waals surface area contributed by atoms with E-state index in [1.54, 1.807) is 5.57 Å². The van der Waals surface area contributed by atoms with Crippen molar-refractivity contribution in [1.82, 2.24) is 0 Å². The second-order valence-electron chi connectivity index (χ2n) is 13.2. The average Bonchev–Trinajstić information content (AvgIpc) is 2.96. The third kappa shape index (κ3) is 4.12. The second-order valence-corrected chi connectivity index (χ2v) is 22.1. The number of hydrogen-bond acceptors (Lipinski definition) is 2. The largest absolute Gasteiger partial charge is 0.547 e. The SMILES string of the molecule is C#C[C@@]1(O[Si](C)(C)C)CC[C@H]2[C@H]3[C@H](CC[C@@]21C)[C@H]1CCC(O[Si](C)(C)C)=CC1=C[C@H]3CC. The van der Waals surface area contributed by atoms with Gasteiger partial charge in [0.05, 0.1) is 5.76 Å². The van der Waals surface area contributed by atoms with Gasteiger partial charge < -0.3 is 8.85 Å². The fourth-order valence-electron chi connectivity index (χ4n) is 7.95. The van der Waals surface area contributed by atoms with E-state index >= 15 is 0 Å². The van der Waals surface area contributed by atoms with Crippen molar-refractivity contribution in [2.24, 2.45) is 35.0 Å². The molecule has 7 atom stereocenters. The van der Waals surface area contributed by atoms with Crippen molar-refractivity contribution >= 4 is 16.6 Å². The van der Waals surface area contributed by atoms with Crippen LogP contribution in [0.1, 0.15) is 58.8 Å². The molecule has 4 heteroatoms. The fraction of sp³-hybridized carbons (Fsp3) is 0.786. The van der Waals surface area contributed by atoms with Crippen LogP contribution in [0, 0.1) is 47.3 Å². The Hall–Kier alpha value is -0.766. The molecule has 0 spiro atoms. The van der Waals surface area contributed by atoms with Gasteiger partial charge in [-0.15, -0.1) is 6.42 Å². The molecule has 0 aromatic rings. The Morgan fingerprint density at radius 2 is 1.78 bits per heavy atom. The standard InChI is InChI=1S/C28H46O2Si2/c1-10-20-18-21-19-22(29-31(4,5)6)12-13-23(21)24-14-16-27(3)25(26(20)24)15-17-28(27,11-2)30-32(7,8)9/h2,18-20,23-26H,10,12-17H2,1,3-9H3/t20-,23+,24-,25+,26-,27+,28-/m1/s1. The minimum Gasteiger partial charge on any atom is -0.547 e. The van der Waals surface area contributed by atoms with Crippen LogP contribution in [0.4, 0.5) is 0 Å². The molecular weight excluding hydrogens is 424 g/mol. The Morgan fingerprint density at radius 3 is 2.38 bits per heavy atom. The quantitative estimate of drug-likeness (QED) is 0.302. The first-order chi connectivity index (χ1) is 14.8. The highest BCUT2D eigenvalue weighted by Gasteiger charge is 2.64. The molecule has 4 aliphatic rings. The molecule has 0 aliphatic heterocycles. The van der Waals surface area contributed by atoms with Gasteiger partial charge in [0, 0.05) is 11.8 Å². The summed E-state index contributed by atoms with van der Waals surface area (Å²) in [5, 5.41) is 0. The van der Waals surface area contributed by atoms with Gasteiger partial charge in [-0.2, -0.15) is 0 Å². The molecule has 0 saturated heterocycles. The maximum absolute atomic E-state index is 6.89. The summed E-state index contributed by atoms with van der Waals surface area (Å²) < 4.78 is 13.3. The zero-order chi connectivity index (χ0) is 23.5. The Bertz CT molecular complexity index is 839. The highest BCUT2D eigenvalue weighted by atomic mass is 28.4. The first-order valence-electron chi connectivity index (χ1n) is 13.1. The van der Waals surface area contributed by atoms with Crippen LogP contribution in [0.2, 0.25) is 39.3 Å². The van der Waals surface area contributed by atoms with Gasteiger partial charge in [-0.05, 0) is 119 Å². The monoisotopic (exact) mass is 470 g/mol. The highest BCUT2D eigenvalue weighted by Crippen LogP contribution is 2.66. The van der Waals surface area contributed by atoms with Crippen LogP contribution in [-0.2, 0) is 8.85 Å². The van der Waals surface area contributed by atoms with E-state index in [-0.39, 0.29) is 11.0 Å². The average molecular weight is 471 g/mol. The lowest BCUT2D eigenvalue weighted by Gasteiger charge is -2.57. The first kappa shape index (κ1) is 24.4. The van der Waals surface area contributed by atoms with Crippen LogP contribution >= 0.6 is 0 Å². The summed E-state index contributed by atoms with van der Waals surface area (Å²) in [4.78, 5) is 0. The molecule has 0 radical (unpaired) electrons. The van der Waals surface area contributed by atoms with Crippen LogP contribution in [-0.4, -0.2) is 22.2 Å². The van der Waals surface area contributed by atoms with Gasteiger partial charge in [0.2, 0.25) is 8.32 Å². The smallest absolute Gasteiger partial charge is 0.241 e. The molecule has 0 bridgehead atoms. The summed E-state index contributed by atoms with van der Waals surface area (Å²) in [6.07, 6.45) is 19.8. The van der Waals surface area contributed by atoms with Crippen LogP contribution in [0.3, 0.4) is 0 Å². The number of allylic oxidation sites excluding steroid dienone is 4. The predicted octanol–water partition coefficient (Wildman–Crippen LogP) is 7.76. The van der Waals surface area contributed by atoms with Crippen LogP contribution in [0.5, 0.6) is 0 Å². The van der Waals surface area contributed by atoms with Crippen molar-refractivity contribution in [3.63, 3.8) is 0 Å². The molecule has 0 heterocycles. The maximum atomic E-state index is 6.89. The zero-order valence-corrected chi connectivity index (χ0v) is 23.9. The van der Waals surface area contributed by atoms with Gasteiger partial charge in [-0.25, -0.2) is 0 Å². The molecule has 0 amide bonds. The minimum atomic E-state index is -1.74. The van der Waals surface area contributed by atoms with E-state index in [1.165, 1.54) is 37.9 Å². The lowest BCUT2D eigenvalue weighted by molar-refractivity contribution is -0.0833. The summed E-state index contributed by atoms with van der Waals surface area (Å²) in [5.41, 5.74) is 1.33. The van der Waals surface area contributed by atoms with E-state index in [9.17, 15) is 0 Å². The molecule has 4 aliphatic carbocycles. The van der Waals surface area contributed by atoms with E-state index in [0.717, 1.165) is 24.7 Å². The zero-order valence-electron chi connectivity index (χ0n) is 21.9. The van der Waals surface area contributed by atoms with Crippen molar-refractivity contribution < 1.29 is 8.85 Å². The van der Waals surface area contributed by atoms with Crippen LogP contribution < -0.4 is 0 Å². The normalized spacial score (nSPS) is 41.5. The summed E-state index contributed by atoms with van der Waals surface area (Å²) in [7, 11) is -3.29. The summed E-state index contributed by atoms with van der Waals surface area (Å²) in [5.74, 6) is 8.09. The van der Waals surface area contributed by atoms with Crippen LogP contribution in [0.25, 0.3) is 0 Å². The maximum Gasteiger partial charge on any atom is 0.241 e. The molecule has 178 valence electrons. The lowest BCUT2D eigenvalue weighted by Crippen LogP contribution is -2.56. The molecule has 0 aromatic heterocycles. The Morgan fingerprint density at radius 1 is 1.06 bits per heavy atom. The van der Waals surface area contributed by atoms with E-state index < -0.39 is 16.6 Å². The van der Waals surface area contributed by atoms with Gasteiger partial charge in [-0.3, -0.25) is 0 Å². The highest BCUT2D eigenvalue weighted by molar-refractivity contribution is 6.70. The van der Waals surface area contributed by atoms with Crippen molar-refractivity contribution in [2.45, 2.75) is 104 Å². The fourth-order valence-corrected chi connectivity index (χ4v) is 10.3. The third-order valence-electron chi connectivity index (χ3n) is 9.00. The van der Waals surface area contributed by atoms with E-state index in [2.05, 4.69) is 71.2 Å². The second kappa shape index (κ2) is 8.17. The Balaban J connectivity index is 1.67. The number of rotatable bonds is 5. The molecule has 32 heavy (non-hydrogen) atoms. The molecule has 2 fully saturated rings. The third-order valence-corrected chi connectivity index (χ3v) is 10.8. The predicted molar refractivity (Wildman–Crippen MR) is 140 cm³/mol. The van der Waals surface area contributed by atoms with Crippen molar-refractivity contribution in [3.8, 4) is 12.3 Å². The van der Waals surface area contributed by atoms with E-state index in [0.29, 0.717) is 17.8 Å². The van der Waals surface area contributed by atoms with Crippen LogP contribution in [0.15, 0.2) is 23.5 Å². The van der Waals surface area contributed by atoms with Gasteiger partial charge >= 0.3 is 0 Å².